The van der Waals surface area contributed by atoms with Crippen molar-refractivity contribution in [3.05, 3.63) is 29.8 Å². The molecule has 0 bridgehead atoms. The lowest BCUT2D eigenvalue weighted by Crippen LogP contribution is -2.21. The van der Waals surface area contributed by atoms with Gasteiger partial charge in [-0.25, -0.2) is 0 Å². The van der Waals surface area contributed by atoms with E-state index in [4.69, 9.17) is 9.47 Å². The molecule has 0 spiro atoms. The summed E-state index contributed by atoms with van der Waals surface area (Å²) in [6, 6.07) is 10.1. The summed E-state index contributed by atoms with van der Waals surface area (Å²) in [6.07, 6.45) is 4.38. The number of hydrogen-bond acceptors (Lipinski definition) is 3. The van der Waals surface area contributed by atoms with Gasteiger partial charge in [0.25, 0.3) is 0 Å². The molecular weight excluding hydrogens is 226 g/mol. The smallest absolute Gasteiger partial charge is 0.123 e. The van der Waals surface area contributed by atoms with Crippen LogP contribution in [0.15, 0.2) is 24.3 Å². The van der Waals surface area contributed by atoms with Crippen LogP contribution in [-0.4, -0.2) is 19.8 Å². The van der Waals surface area contributed by atoms with Crippen LogP contribution < -0.4 is 4.74 Å². The van der Waals surface area contributed by atoms with Crippen LogP contribution in [0.3, 0.4) is 0 Å². The molecule has 18 heavy (non-hydrogen) atoms. The van der Waals surface area contributed by atoms with E-state index in [1.165, 1.54) is 6.42 Å². The Balaban J connectivity index is 2.10. The Bertz CT molecular complexity index is 419. The number of nitrogens with zero attached hydrogens (tertiary/aromatic N) is 1. The first-order valence-corrected chi connectivity index (χ1v) is 6.49. The Kier molecular flexibility index (Phi) is 4.60. The Hall–Kier alpha value is -1.53. The minimum atomic E-state index is -0.149. The van der Waals surface area contributed by atoms with E-state index in [9.17, 15) is 5.26 Å². The van der Waals surface area contributed by atoms with Crippen molar-refractivity contribution in [2.24, 2.45) is 0 Å². The van der Waals surface area contributed by atoms with Crippen LogP contribution in [0.1, 0.15) is 37.2 Å². The molecule has 0 amide bonds. The maximum Gasteiger partial charge on any atom is 0.123 e. The Labute approximate surface area is 108 Å². The van der Waals surface area contributed by atoms with Gasteiger partial charge < -0.3 is 9.47 Å². The van der Waals surface area contributed by atoms with Crippen molar-refractivity contribution in [1.29, 1.82) is 5.26 Å². The topological polar surface area (TPSA) is 42.2 Å². The van der Waals surface area contributed by atoms with E-state index in [2.05, 4.69) is 6.07 Å². The van der Waals surface area contributed by atoms with Gasteiger partial charge in [-0.2, -0.15) is 5.26 Å². The van der Waals surface area contributed by atoms with E-state index in [0.29, 0.717) is 0 Å². The molecule has 1 fully saturated rings. The van der Waals surface area contributed by atoms with E-state index in [1.807, 2.05) is 24.3 Å². The van der Waals surface area contributed by atoms with Crippen molar-refractivity contribution >= 4 is 0 Å². The molecule has 0 radical (unpaired) electrons. The number of methoxy groups -OCH3 is 1. The van der Waals surface area contributed by atoms with Crippen molar-refractivity contribution < 1.29 is 9.47 Å². The van der Waals surface area contributed by atoms with Gasteiger partial charge in [0.1, 0.15) is 5.75 Å². The quantitative estimate of drug-likeness (QED) is 0.817. The second-order valence-electron chi connectivity index (χ2n) is 4.65. The molecule has 3 heteroatoms. The van der Waals surface area contributed by atoms with Crippen LogP contribution in [-0.2, 0) is 4.74 Å². The molecule has 1 saturated heterocycles. The summed E-state index contributed by atoms with van der Waals surface area (Å²) in [5, 5.41) is 9.37. The third-order valence-electron chi connectivity index (χ3n) is 3.44. The predicted molar refractivity (Wildman–Crippen MR) is 69.6 cm³/mol. The molecule has 1 aromatic rings. The summed E-state index contributed by atoms with van der Waals surface area (Å²) in [7, 11) is 1.64. The highest BCUT2D eigenvalue weighted by molar-refractivity contribution is 5.39. The summed E-state index contributed by atoms with van der Waals surface area (Å²) in [5.41, 5.74) is 0.969. The second kappa shape index (κ2) is 6.42. The molecular formula is C15H19NO2. The van der Waals surface area contributed by atoms with Gasteiger partial charge in [-0.1, -0.05) is 18.2 Å². The summed E-state index contributed by atoms with van der Waals surface area (Å²) in [5.74, 6) is 0.643. The van der Waals surface area contributed by atoms with E-state index < -0.39 is 0 Å². The first kappa shape index (κ1) is 12.9. The Morgan fingerprint density at radius 2 is 2.28 bits per heavy atom. The number of ether oxygens (including phenoxy) is 2. The summed E-state index contributed by atoms with van der Waals surface area (Å²) < 4.78 is 11.0. The molecule has 2 atom stereocenters. The third kappa shape index (κ3) is 3.02. The third-order valence-corrected chi connectivity index (χ3v) is 3.44. The molecule has 1 aliphatic rings. The summed E-state index contributed by atoms with van der Waals surface area (Å²) in [6.45, 7) is 0.828. The monoisotopic (exact) mass is 245 g/mol. The number of rotatable bonds is 4. The summed E-state index contributed by atoms with van der Waals surface area (Å²) >= 11 is 0. The van der Waals surface area contributed by atoms with Crippen molar-refractivity contribution in [3.8, 4) is 11.8 Å². The minimum Gasteiger partial charge on any atom is -0.496 e. The zero-order chi connectivity index (χ0) is 12.8. The van der Waals surface area contributed by atoms with E-state index >= 15 is 0 Å². The average Bonchev–Trinajstić information content (AvgIpc) is 2.46. The molecule has 1 heterocycles. The zero-order valence-electron chi connectivity index (χ0n) is 10.8. The van der Waals surface area contributed by atoms with Gasteiger partial charge in [-0.3, -0.25) is 0 Å². The lowest BCUT2D eigenvalue weighted by molar-refractivity contribution is 0.00950. The maximum absolute atomic E-state index is 9.37. The standard InChI is InChI=1S/C15H19NO2/c1-17-15-8-3-2-7-14(15)12(11-16)10-13-6-4-5-9-18-13/h2-3,7-8,12-13H,4-6,9-10H2,1H3. The van der Waals surface area contributed by atoms with Crippen LogP contribution in [0.4, 0.5) is 0 Å². The first-order valence-electron chi connectivity index (χ1n) is 6.49. The van der Waals surface area contributed by atoms with Gasteiger partial charge >= 0.3 is 0 Å². The fourth-order valence-corrected chi connectivity index (χ4v) is 2.46. The molecule has 1 aromatic carbocycles. The first-order chi connectivity index (χ1) is 8.85. The number of hydrogen-bond donors (Lipinski definition) is 0. The van der Waals surface area contributed by atoms with Crippen LogP contribution >= 0.6 is 0 Å². The largest absolute Gasteiger partial charge is 0.496 e. The molecule has 96 valence electrons. The normalized spacial score (nSPS) is 21.0. The summed E-state index contributed by atoms with van der Waals surface area (Å²) in [4.78, 5) is 0. The Morgan fingerprint density at radius 1 is 1.44 bits per heavy atom. The lowest BCUT2D eigenvalue weighted by atomic mass is 9.91. The highest BCUT2D eigenvalue weighted by Gasteiger charge is 2.22. The SMILES string of the molecule is COc1ccccc1C(C#N)CC1CCCCO1. The van der Waals surface area contributed by atoms with Crippen LogP contribution in [0.25, 0.3) is 0 Å². The van der Waals surface area contributed by atoms with Crippen LogP contribution in [0.2, 0.25) is 0 Å². The fourth-order valence-electron chi connectivity index (χ4n) is 2.46. The number of para-hydroxylation sites is 1. The van der Waals surface area contributed by atoms with Gasteiger partial charge in [0.15, 0.2) is 0 Å². The van der Waals surface area contributed by atoms with E-state index in [1.54, 1.807) is 7.11 Å². The minimum absolute atomic E-state index is 0.149. The van der Waals surface area contributed by atoms with Crippen LogP contribution in [0.5, 0.6) is 5.75 Å². The Morgan fingerprint density at radius 3 is 2.94 bits per heavy atom. The van der Waals surface area contributed by atoms with Gasteiger partial charge in [0.05, 0.1) is 25.2 Å². The number of nitriles is 1. The highest BCUT2D eigenvalue weighted by atomic mass is 16.5. The van der Waals surface area contributed by atoms with Gasteiger partial charge in [0, 0.05) is 12.2 Å². The highest BCUT2D eigenvalue weighted by Crippen LogP contribution is 2.31. The van der Waals surface area contributed by atoms with Gasteiger partial charge in [-0.05, 0) is 31.7 Å². The lowest BCUT2D eigenvalue weighted by Gasteiger charge is -2.25. The van der Waals surface area contributed by atoms with E-state index in [-0.39, 0.29) is 12.0 Å². The average molecular weight is 245 g/mol. The van der Waals surface area contributed by atoms with Crippen molar-refractivity contribution in [2.75, 3.05) is 13.7 Å². The number of benzene rings is 1. The van der Waals surface area contributed by atoms with Gasteiger partial charge in [0.2, 0.25) is 0 Å². The fraction of sp³-hybridized carbons (Fsp3) is 0.533. The zero-order valence-corrected chi connectivity index (χ0v) is 10.8. The molecule has 0 saturated carbocycles. The molecule has 2 unspecified atom stereocenters. The maximum atomic E-state index is 9.37. The van der Waals surface area contributed by atoms with Crippen molar-refractivity contribution in [1.82, 2.24) is 0 Å². The molecule has 0 N–H and O–H groups in total. The predicted octanol–water partition coefficient (Wildman–Crippen LogP) is 3.26. The molecule has 0 aliphatic carbocycles. The van der Waals surface area contributed by atoms with Crippen molar-refractivity contribution in [2.45, 2.75) is 37.7 Å². The molecule has 2 rings (SSSR count). The van der Waals surface area contributed by atoms with Gasteiger partial charge in [-0.15, -0.1) is 0 Å². The molecule has 0 aromatic heterocycles. The molecule has 1 aliphatic heterocycles. The molecule has 3 nitrogen and oxygen atoms in total. The van der Waals surface area contributed by atoms with Crippen LogP contribution in [0, 0.1) is 11.3 Å². The second-order valence-corrected chi connectivity index (χ2v) is 4.65. The van der Waals surface area contributed by atoms with Crippen molar-refractivity contribution in [3.63, 3.8) is 0 Å². The van der Waals surface area contributed by atoms with E-state index in [0.717, 1.165) is 37.2 Å².